The van der Waals surface area contributed by atoms with Gasteiger partial charge >= 0.3 is 0 Å². The predicted molar refractivity (Wildman–Crippen MR) is 71.1 cm³/mol. The molecule has 0 aromatic heterocycles. The van der Waals surface area contributed by atoms with Gasteiger partial charge in [0.05, 0.1) is 0 Å². The zero-order valence-corrected chi connectivity index (χ0v) is 11.2. The summed E-state index contributed by atoms with van der Waals surface area (Å²) in [5.41, 5.74) is 2.28. The molecule has 1 saturated heterocycles. The van der Waals surface area contributed by atoms with Crippen LogP contribution in [-0.4, -0.2) is 31.1 Å². The van der Waals surface area contributed by atoms with E-state index in [1.807, 2.05) is 20.0 Å². The van der Waals surface area contributed by atoms with Gasteiger partial charge in [-0.15, -0.1) is 12.4 Å². The smallest absolute Gasteiger partial charge is 0.123 e. The molecule has 1 N–H and O–H groups in total. The maximum absolute atomic E-state index is 13.0. The van der Waals surface area contributed by atoms with E-state index in [-0.39, 0.29) is 18.2 Å². The number of rotatable bonds is 3. The zero-order valence-electron chi connectivity index (χ0n) is 10.4. The third kappa shape index (κ3) is 3.66. The van der Waals surface area contributed by atoms with Crippen molar-refractivity contribution in [2.75, 3.05) is 20.1 Å². The summed E-state index contributed by atoms with van der Waals surface area (Å²) >= 11 is 0. The van der Waals surface area contributed by atoms with Crippen LogP contribution >= 0.6 is 12.4 Å². The van der Waals surface area contributed by atoms with Crippen molar-refractivity contribution in [1.82, 2.24) is 10.2 Å². The Morgan fingerprint density at radius 1 is 1.47 bits per heavy atom. The molecule has 1 aromatic carbocycles. The second-order valence-electron chi connectivity index (χ2n) is 4.58. The molecule has 2 nitrogen and oxygen atoms in total. The molecular weight excluding hydrogens is 239 g/mol. The first kappa shape index (κ1) is 14.4. The quantitative estimate of drug-likeness (QED) is 0.895. The number of hydrogen-bond donors (Lipinski definition) is 1. The van der Waals surface area contributed by atoms with Gasteiger partial charge in [0, 0.05) is 25.7 Å². The number of likely N-dealkylation sites (tertiary alicyclic amines) is 1. The highest BCUT2D eigenvalue weighted by Crippen LogP contribution is 2.16. The van der Waals surface area contributed by atoms with Crippen LogP contribution in [0.3, 0.4) is 0 Å². The third-order valence-corrected chi connectivity index (χ3v) is 3.38. The maximum atomic E-state index is 13.0. The average Bonchev–Trinajstić information content (AvgIpc) is 2.70. The van der Waals surface area contributed by atoms with Crippen molar-refractivity contribution in [2.24, 2.45) is 0 Å². The molecule has 1 aliphatic heterocycles. The minimum absolute atomic E-state index is 0. The van der Waals surface area contributed by atoms with E-state index in [0.717, 1.165) is 25.2 Å². The van der Waals surface area contributed by atoms with Crippen LogP contribution in [0.15, 0.2) is 18.2 Å². The van der Waals surface area contributed by atoms with Gasteiger partial charge in [-0.3, -0.25) is 4.90 Å². The number of hydrogen-bond acceptors (Lipinski definition) is 2. The minimum Gasteiger partial charge on any atom is -0.316 e. The van der Waals surface area contributed by atoms with E-state index in [0.29, 0.717) is 6.04 Å². The van der Waals surface area contributed by atoms with Crippen molar-refractivity contribution < 1.29 is 4.39 Å². The van der Waals surface area contributed by atoms with Gasteiger partial charge in [-0.1, -0.05) is 6.07 Å². The van der Waals surface area contributed by atoms with Crippen molar-refractivity contribution >= 4 is 12.4 Å². The van der Waals surface area contributed by atoms with Crippen molar-refractivity contribution in [2.45, 2.75) is 25.9 Å². The van der Waals surface area contributed by atoms with E-state index in [1.54, 1.807) is 12.1 Å². The molecule has 1 unspecified atom stereocenters. The molecule has 0 amide bonds. The average molecular weight is 259 g/mol. The highest BCUT2D eigenvalue weighted by molar-refractivity contribution is 5.85. The van der Waals surface area contributed by atoms with Crippen LogP contribution in [0.25, 0.3) is 0 Å². The minimum atomic E-state index is -0.143. The number of likely N-dealkylation sites (N-methyl/N-ethyl adjacent to an activating group) is 1. The number of nitrogens with zero attached hydrogens (tertiary/aromatic N) is 1. The Kier molecular flexibility index (Phi) is 5.37. The topological polar surface area (TPSA) is 15.3 Å². The molecule has 2 rings (SSSR count). The fourth-order valence-corrected chi connectivity index (χ4v) is 2.29. The Balaban J connectivity index is 0.00000144. The molecular formula is C13H20ClFN2. The third-order valence-electron chi connectivity index (χ3n) is 3.38. The molecule has 0 spiro atoms. The number of aryl methyl sites for hydroxylation is 1. The van der Waals surface area contributed by atoms with Gasteiger partial charge in [-0.05, 0) is 43.7 Å². The molecule has 1 fully saturated rings. The Labute approximate surface area is 109 Å². The summed E-state index contributed by atoms with van der Waals surface area (Å²) in [4.78, 5) is 2.42. The Morgan fingerprint density at radius 3 is 2.82 bits per heavy atom. The lowest BCUT2D eigenvalue weighted by molar-refractivity contribution is 0.321. The van der Waals surface area contributed by atoms with Gasteiger partial charge < -0.3 is 5.32 Å². The van der Waals surface area contributed by atoms with Crippen LogP contribution in [-0.2, 0) is 6.54 Å². The molecule has 0 saturated carbocycles. The summed E-state index contributed by atoms with van der Waals surface area (Å²) in [6, 6.07) is 5.67. The summed E-state index contributed by atoms with van der Waals surface area (Å²) in [7, 11) is 2.01. The lowest BCUT2D eigenvalue weighted by atomic mass is 10.1. The monoisotopic (exact) mass is 258 g/mol. The highest BCUT2D eigenvalue weighted by atomic mass is 35.5. The van der Waals surface area contributed by atoms with Gasteiger partial charge in [0.15, 0.2) is 0 Å². The van der Waals surface area contributed by atoms with Gasteiger partial charge in [-0.2, -0.15) is 0 Å². The van der Waals surface area contributed by atoms with Crippen LogP contribution in [0.1, 0.15) is 17.5 Å². The van der Waals surface area contributed by atoms with E-state index in [4.69, 9.17) is 0 Å². The number of halogens is 2. The lowest BCUT2D eigenvalue weighted by Crippen LogP contribution is -2.29. The maximum Gasteiger partial charge on any atom is 0.123 e. The fraction of sp³-hybridized carbons (Fsp3) is 0.538. The lowest BCUT2D eigenvalue weighted by Gasteiger charge is -2.17. The van der Waals surface area contributed by atoms with Crippen LogP contribution in [0.4, 0.5) is 4.39 Å². The molecule has 0 aliphatic carbocycles. The zero-order chi connectivity index (χ0) is 11.5. The summed E-state index contributed by atoms with van der Waals surface area (Å²) in [5.74, 6) is -0.143. The molecule has 1 aliphatic rings. The first-order valence-corrected chi connectivity index (χ1v) is 5.83. The molecule has 1 heterocycles. The second-order valence-corrected chi connectivity index (χ2v) is 4.58. The van der Waals surface area contributed by atoms with Crippen molar-refractivity contribution in [3.8, 4) is 0 Å². The molecule has 4 heteroatoms. The van der Waals surface area contributed by atoms with E-state index in [1.165, 1.54) is 12.0 Å². The molecule has 1 aromatic rings. The molecule has 1 atom stereocenters. The molecule has 17 heavy (non-hydrogen) atoms. The number of benzene rings is 1. The Bertz CT molecular complexity index is 370. The van der Waals surface area contributed by atoms with E-state index in [2.05, 4.69) is 10.2 Å². The van der Waals surface area contributed by atoms with E-state index in [9.17, 15) is 4.39 Å². The van der Waals surface area contributed by atoms with Gasteiger partial charge in [0.25, 0.3) is 0 Å². The summed E-state index contributed by atoms with van der Waals surface area (Å²) in [5, 5.41) is 3.30. The molecule has 0 radical (unpaired) electrons. The first-order chi connectivity index (χ1) is 7.69. The normalized spacial score (nSPS) is 20.3. The largest absolute Gasteiger partial charge is 0.316 e. The standard InChI is InChI=1S/C13H19FN2.ClH/c1-10-7-12(14)4-3-11(10)8-16-6-5-13(9-16)15-2;/h3-4,7,13,15H,5-6,8-9H2,1-2H3;1H. The van der Waals surface area contributed by atoms with Gasteiger partial charge in [0.2, 0.25) is 0 Å². The SMILES string of the molecule is CNC1CCN(Cc2ccc(F)cc2C)C1.Cl. The second kappa shape index (κ2) is 6.34. The summed E-state index contributed by atoms with van der Waals surface area (Å²) in [6.07, 6.45) is 1.21. The van der Waals surface area contributed by atoms with Crippen LogP contribution < -0.4 is 5.32 Å². The van der Waals surface area contributed by atoms with Crippen molar-refractivity contribution in [3.63, 3.8) is 0 Å². The van der Waals surface area contributed by atoms with Gasteiger partial charge in [-0.25, -0.2) is 4.39 Å². The molecule has 96 valence electrons. The number of nitrogens with one attached hydrogen (secondary N) is 1. The fourth-order valence-electron chi connectivity index (χ4n) is 2.29. The predicted octanol–water partition coefficient (Wildman–Crippen LogP) is 2.35. The Hall–Kier alpha value is -0.640. The van der Waals surface area contributed by atoms with Crippen LogP contribution in [0.5, 0.6) is 0 Å². The van der Waals surface area contributed by atoms with E-state index < -0.39 is 0 Å². The van der Waals surface area contributed by atoms with E-state index >= 15 is 0 Å². The van der Waals surface area contributed by atoms with Crippen molar-refractivity contribution in [3.05, 3.63) is 35.1 Å². The first-order valence-electron chi connectivity index (χ1n) is 5.83. The highest BCUT2D eigenvalue weighted by Gasteiger charge is 2.21. The summed E-state index contributed by atoms with van der Waals surface area (Å²) in [6.45, 7) is 5.13. The van der Waals surface area contributed by atoms with Crippen molar-refractivity contribution in [1.29, 1.82) is 0 Å². The summed E-state index contributed by atoms with van der Waals surface area (Å²) < 4.78 is 13.0. The van der Waals surface area contributed by atoms with Gasteiger partial charge in [0.1, 0.15) is 5.82 Å². The molecule has 0 bridgehead atoms. The van der Waals surface area contributed by atoms with Crippen LogP contribution in [0.2, 0.25) is 0 Å². The van der Waals surface area contributed by atoms with Crippen LogP contribution in [0, 0.1) is 12.7 Å². The Morgan fingerprint density at radius 2 is 2.24 bits per heavy atom.